The molecule has 0 aromatic heterocycles. The summed E-state index contributed by atoms with van der Waals surface area (Å²) < 4.78 is 0. The molecule has 1 aromatic carbocycles. The highest BCUT2D eigenvalue weighted by molar-refractivity contribution is 6.30. The molecule has 0 heterocycles. The van der Waals surface area contributed by atoms with Crippen molar-refractivity contribution in [2.45, 2.75) is 50.4 Å². The van der Waals surface area contributed by atoms with Gasteiger partial charge < -0.3 is 5.32 Å². The Morgan fingerprint density at radius 2 is 2.06 bits per heavy atom. The Balaban J connectivity index is 1.95. The van der Waals surface area contributed by atoms with Gasteiger partial charge in [0.2, 0.25) is 5.91 Å². The molecule has 1 fully saturated rings. The van der Waals surface area contributed by atoms with Gasteiger partial charge in [0.05, 0.1) is 0 Å². The number of hydrogen-bond acceptors (Lipinski definition) is 1. The first-order chi connectivity index (χ1) is 8.66. The number of carbonyl (C=O) groups excluding carboxylic acids is 1. The predicted molar refractivity (Wildman–Crippen MR) is 74.8 cm³/mol. The summed E-state index contributed by atoms with van der Waals surface area (Å²) in [6.45, 7) is 2.01. The summed E-state index contributed by atoms with van der Waals surface area (Å²) in [7, 11) is 0. The summed E-state index contributed by atoms with van der Waals surface area (Å²) in [4.78, 5) is 12.1. The van der Waals surface area contributed by atoms with E-state index in [2.05, 4.69) is 5.32 Å². The topological polar surface area (TPSA) is 29.1 Å². The van der Waals surface area contributed by atoms with Gasteiger partial charge in [0, 0.05) is 6.04 Å². The zero-order valence-electron chi connectivity index (χ0n) is 10.8. The quantitative estimate of drug-likeness (QED) is 0.829. The van der Waals surface area contributed by atoms with Gasteiger partial charge in [-0.3, -0.25) is 4.79 Å². The van der Waals surface area contributed by atoms with Crippen molar-refractivity contribution < 1.29 is 4.79 Å². The second-order valence-corrected chi connectivity index (χ2v) is 5.56. The van der Waals surface area contributed by atoms with Crippen LogP contribution in [0, 0.1) is 6.92 Å². The number of aryl methyl sites for hydroxylation is 1. The Kier molecular flexibility index (Phi) is 4.65. The van der Waals surface area contributed by atoms with E-state index in [9.17, 15) is 4.79 Å². The molecule has 1 N–H and O–H groups in total. The molecule has 0 bridgehead atoms. The van der Waals surface area contributed by atoms with Crippen molar-refractivity contribution in [1.29, 1.82) is 0 Å². The maximum absolute atomic E-state index is 12.1. The normalized spacial score (nSPS) is 18.3. The van der Waals surface area contributed by atoms with Gasteiger partial charge in [-0.1, -0.05) is 49.1 Å². The molecule has 98 valence electrons. The predicted octanol–water partition coefficient (Wildman–Crippen LogP) is 3.72. The standard InChI is InChI=1S/C15H20ClNO/c1-11-6-5-7-12(10-11)14(16)15(18)17-13-8-3-2-4-9-13/h5-7,10,13-14H,2-4,8-9H2,1H3,(H,17,18). The fraction of sp³-hybridized carbons (Fsp3) is 0.533. The van der Waals surface area contributed by atoms with Gasteiger partial charge in [0.15, 0.2) is 0 Å². The Bertz CT molecular complexity index is 413. The van der Waals surface area contributed by atoms with Gasteiger partial charge >= 0.3 is 0 Å². The second-order valence-electron chi connectivity index (χ2n) is 5.12. The molecular weight excluding hydrogens is 246 g/mol. The molecule has 1 aliphatic rings. The number of carbonyl (C=O) groups is 1. The highest BCUT2D eigenvalue weighted by Crippen LogP contribution is 2.23. The minimum atomic E-state index is -0.577. The van der Waals surface area contributed by atoms with Gasteiger partial charge in [-0.25, -0.2) is 0 Å². The molecule has 1 unspecified atom stereocenters. The third-order valence-corrected chi connectivity index (χ3v) is 3.97. The monoisotopic (exact) mass is 265 g/mol. The average Bonchev–Trinajstić information content (AvgIpc) is 2.39. The Labute approximate surface area is 114 Å². The highest BCUT2D eigenvalue weighted by Gasteiger charge is 2.22. The molecule has 3 heteroatoms. The van der Waals surface area contributed by atoms with E-state index < -0.39 is 5.38 Å². The lowest BCUT2D eigenvalue weighted by Crippen LogP contribution is -2.38. The fourth-order valence-electron chi connectivity index (χ4n) is 2.50. The van der Waals surface area contributed by atoms with Crippen molar-refractivity contribution in [2.24, 2.45) is 0 Å². The van der Waals surface area contributed by atoms with E-state index in [-0.39, 0.29) is 5.91 Å². The third-order valence-electron chi connectivity index (χ3n) is 3.52. The summed E-state index contributed by atoms with van der Waals surface area (Å²) in [6.07, 6.45) is 5.88. The first-order valence-electron chi connectivity index (χ1n) is 6.68. The number of halogens is 1. The zero-order chi connectivity index (χ0) is 13.0. The highest BCUT2D eigenvalue weighted by atomic mass is 35.5. The summed E-state index contributed by atoms with van der Waals surface area (Å²) in [5, 5.41) is 2.49. The van der Waals surface area contributed by atoms with Gasteiger partial charge in [0.1, 0.15) is 5.38 Å². The molecule has 1 aliphatic carbocycles. The van der Waals surface area contributed by atoms with E-state index in [1.807, 2.05) is 31.2 Å². The van der Waals surface area contributed by atoms with Gasteiger partial charge in [-0.05, 0) is 25.3 Å². The van der Waals surface area contributed by atoms with E-state index in [1.54, 1.807) is 0 Å². The van der Waals surface area contributed by atoms with Crippen molar-refractivity contribution >= 4 is 17.5 Å². The van der Waals surface area contributed by atoms with E-state index >= 15 is 0 Å². The second kappa shape index (κ2) is 6.24. The van der Waals surface area contributed by atoms with E-state index in [0.29, 0.717) is 6.04 Å². The number of rotatable bonds is 3. The molecule has 18 heavy (non-hydrogen) atoms. The molecule has 1 aromatic rings. The Morgan fingerprint density at radius 3 is 2.72 bits per heavy atom. The van der Waals surface area contributed by atoms with Crippen LogP contribution in [-0.4, -0.2) is 11.9 Å². The van der Waals surface area contributed by atoms with Gasteiger partial charge in [0.25, 0.3) is 0 Å². The van der Waals surface area contributed by atoms with Crippen LogP contribution in [0.2, 0.25) is 0 Å². The smallest absolute Gasteiger partial charge is 0.242 e. The Hall–Kier alpha value is -1.02. The average molecular weight is 266 g/mol. The molecule has 1 atom stereocenters. The first-order valence-corrected chi connectivity index (χ1v) is 7.11. The molecule has 2 nitrogen and oxygen atoms in total. The van der Waals surface area contributed by atoms with Crippen LogP contribution in [-0.2, 0) is 4.79 Å². The lowest BCUT2D eigenvalue weighted by Gasteiger charge is -2.24. The molecule has 0 radical (unpaired) electrons. The molecular formula is C15H20ClNO. The van der Waals surface area contributed by atoms with E-state index in [4.69, 9.17) is 11.6 Å². The van der Waals surface area contributed by atoms with Crippen LogP contribution < -0.4 is 5.32 Å². The van der Waals surface area contributed by atoms with Gasteiger partial charge in [-0.2, -0.15) is 0 Å². The maximum Gasteiger partial charge on any atom is 0.242 e. The zero-order valence-corrected chi connectivity index (χ0v) is 11.5. The number of amides is 1. The van der Waals surface area contributed by atoms with Gasteiger partial charge in [-0.15, -0.1) is 11.6 Å². The molecule has 0 aliphatic heterocycles. The minimum Gasteiger partial charge on any atom is -0.352 e. The van der Waals surface area contributed by atoms with Crippen LogP contribution in [0.25, 0.3) is 0 Å². The number of hydrogen-bond donors (Lipinski definition) is 1. The number of nitrogens with one attached hydrogen (secondary N) is 1. The Morgan fingerprint density at radius 1 is 1.33 bits per heavy atom. The van der Waals surface area contributed by atoms with Crippen LogP contribution in [0.1, 0.15) is 48.6 Å². The largest absolute Gasteiger partial charge is 0.352 e. The van der Waals surface area contributed by atoms with Crippen LogP contribution >= 0.6 is 11.6 Å². The van der Waals surface area contributed by atoms with E-state index in [1.165, 1.54) is 19.3 Å². The van der Waals surface area contributed by atoms with Crippen LogP contribution in [0.15, 0.2) is 24.3 Å². The van der Waals surface area contributed by atoms with Crippen molar-refractivity contribution in [3.63, 3.8) is 0 Å². The third kappa shape index (κ3) is 3.49. The van der Waals surface area contributed by atoms with Crippen LogP contribution in [0.4, 0.5) is 0 Å². The molecule has 1 amide bonds. The maximum atomic E-state index is 12.1. The van der Waals surface area contributed by atoms with Crippen molar-refractivity contribution in [3.05, 3.63) is 35.4 Å². The van der Waals surface area contributed by atoms with Crippen LogP contribution in [0.5, 0.6) is 0 Å². The summed E-state index contributed by atoms with van der Waals surface area (Å²) in [5.74, 6) is -0.0610. The lowest BCUT2D eigenvalue weighted by atomic mass is 9.95. The molecule has 1 saturated carbocycles. The summed E-state index contributed by atoms with van der Waals surface area (Å²) in [6, 6.07) is 8.14. The van der Waals surface area contributed by atoms with Crippen LogP contribution in [0.3, 0.4) is 0 Å². The molecule has 2 rings (SSSR count). The lowest BCUT2D eigenvalue weighted by molar-refractivity contribution is -0.121. The summed E-state index contributed by atoms with van der Waals surface area (Å²) in [5.41, 5.74) is 2.01. The van der Waals surface area contributed by atoms with Crippen molar-refractivity contribution in [1.82, 2.24) is 5.32 Å². The van der Waals surface area contributed by atoms with Crippen molar-refractivity contribution in [2.75, 3.05) is 0 Å². The minimum absolute atomic E-state index is 0.0610. The molecule has 0 spiro atoms. The SMILES string of the molecule is Cc1cccc(C(Cl)C(=O)NC2CCCCC2)c1. The first kappa shape index (κ1) is 13.4. The number of alkyl halides is 1. The van der Waals surface area contributed by atoms with Crippen molar-refractivity contribution in [3.8, 4) is 0 Å². The number of benzene rings is 1. The molecule has 0 saturated heterocycles. The fourth-order valence-corrected chi connectivity index (χ4v) is 2.70. The summed E-state index contributed by atoms with van der Waals surface area (Å²) >= 11 is 6.24. The van der Waals surface area contributed by atoms with E-state index in [0.717, 1.165) is 24.0 Å².